The summed E-state index contributed by atoms with van der Waals surface area (Å²) < 4.78 is 10.1. The monoisotopic (exact) mass is 656 g/mol. The molecule has 8 heteroatoms. The van der Waals surface area contributed by atoms with Gasteiger partial charge in [-0.3, -0.25) is 9.59 Å². The number of ether oxygens (including phenoxy) is 2. The minimum absolute atomic E-state index is 0.128. The molecule has 0 heterocycles. The lowest BCUT2D eigenvalue weighted by Crippen LogP contribution is -2.27. The Hall–Kier alpha value is -3.68. The van der Waals surface area contributed by atoms with Gasteiger partial charge in [-0.05, 0) is 72.9 Å². The van der Waals surface area contributed by atoms with E-state index in [1.54, 1.807) is 0 Å². The van der Waals surface area contributed by atoms with Crippen LogP contribution in [-0.4, -0.2) is 38.2 Å². The van der Waals surface area contributed by atoms with E-state index in [0.717, 1.165) is 59.1 Å². The van der Waals surface area contributed by atoms with Gasteiger partial charge in [0, 0.05) is 34.3 Å². The summed E-state index contributed by atoms with van der Waals surface area (Å²) in [6, 6.07) is 25.3. The molecule has 0 amide bonds. The Morgan fingerprint density at radius 1 is 0.652 bits per heavy atom. The van der Waals surface area contributed by atoms with Gasteiger partial charge < -0.3 is 20.1 Å². The van der Waals surface area contributed by atoms with Crippen molar-refractivity contribution in [1.82, 2.24) is 10.6 Å². The molecule has 2 atom stereocenters. The maximum Gasteiger partial charge on any atom is 0.319 e. The molecule has 2 aliphatic carbocycles. The van der Waals surface area contributed by atoms with Crippen LogP contribution in [0.2, 0.25) is 10.0 Å². The zero-order valence-electron chi connectivity index (χ0n) is 26.1. The largest absolute Gasteiger partial charge is 0.465 e. The summed E-state index contributed by atoms with van der Waals surface area (Å²) in [6.07, 6.45) is 3.72. The number of carbonyl (C=O) groups excluding carboxylic acids is 2. The maximum atomic E-state index is 11.9. The highest BCUT2D eigenvalue weighted by molar-refractivity contribution is 6.39. The lowest BCUT2D eigenvalue weighted by atomic mass is 9.93. The number of nitrogens with one attached hydrogen (secondary N) is 2. The van der Waals surface area contributed by atoms with Crippen LogP contribution >= 0.6 is 23.2 Å². The van der Waals surface area contributed by atoms with Crippen LogP contribution in [0, 0.1) is 0 Å². The molecule has 4 aromatic carbocycles. The molecule has 2 N–H and O–H groups in total. The number of halogens is 2. The van der Waals surface area contributed by atoms with Crippen molar-refractivity contribution in [2.75, 3.05) is 26.3 Å². The minimum atomic E-state index is -0.233. The van der Waals surface area contributed by atoms with Crippen LogP contribution in [0.3, 0.4) is 0 Å². The van der Waals surface area contributed by atoms with Crippen LogP contribution < -0.4 is 10.6 Å². The first-order valence-corrected chi connectivity index (χ1v) is 16.7. The van der Waals surface area contributed by atoms with Gasteiger partial charge in [0.05, 0.1) is 36.3 Å². The number of hydrogen-bond donors (Lipinski definition) is 2. The lowest BCUT2D eigenvalue weighted by Gasteiger charge is -2.16. The van der Waals surface area contributed by atoms with Gasteiger partial charge in [-0.2, -0.15) is 0 Å². The van der Waals surface area contributed by atoms with Crippen molar-refractivity contribution in [2.45, 2.75) is 51.6 Å². The molecule has 0 radical (unpaired) electrons. The van der Waals surface area contributed by atoms with Crippen molar-refractivity contribution in [3.63, 3.8) is 0 Å². The van der Waals surface area contributed by atoms with Crippen LogP contribution in [0.4, 0.5) is 0 Å². The fourth-order valence-electron chi connectivity index (χ4n) is 6.76. The van der Waals surface area contributed by atoms with E-state index >= 15 is 0 Å². The molecule has 2 aliphatic rings. The van der Waals surface area contributed by atoms with E-state index in [2.05, 4.69) is 47.0 Å². The molecular formula is C38H38Cl2N2O4. The summed E-state index contributed by atoms with van der Waals surface area (Å²) in [4.78, 5) is 23.7. The van der Waals surface area contributed by atoms with Crippen molar-refractivity contribution in [1.29, 1.82) is 0 Å². The Morgan fingerprint density at radius 3 is 1.48 bits per heavy atom. The van der Waals surface area contributed by atoms with Crippen LogP contribution in [0.25, 0.3) is 33.4 Å². The molecule has 0 bridgehead atoms. The fourth-order valence-corrected chi connectivity index (χ4v) is 7.43. The van der Waals surface area contributed by atoms with Gasteiger partial charge >= 0.3 is 11.9 Å². The van der Waals surface area contributed by atoms with Gasteiger partial charge in [-0.1, -0.05) is 96.0 Å². The third kappa shape index (κ3) is 6.72. The number of fused-ring (bicyclic) bond motifs is 2. The zero-order valence-corrected chi connectivity index (χ0v) is 27.6. The quantitative estimate of drug-likeness (QED) is 0.158. The number of hydrogen-bond acceptors (Lipinski definition) is 6. The van der Waals surface area contributed by atoms with Crippen molar-refractivity contribution in [3.05, 3.63) is 105 Å². The maximum absolute atomic E-state index is 11.9. The Kier molecular flexibility index (Phi) is 10.1. The highest BCUT2D eigenvalue weighted by atomic mass is 35.5. The van der Waals surface area contributed by atoms with Gasteiger partial charge in [0.2, 0.25) is 0 Å². The molecular weight excluding hydrogens is 619 g/mol. The molecule has 0 fully saturated rings. The Labute approximate surface area is 280 Å². The molecule has 4 aromatic rings. The molecule has 6 rings (SSSR count). The Balaban J connectivity index is 1.23. The molecule has 0 saturated carbocycles. The van der Waals surface area contributed by atoms with Crippen molar-refractivity contribution in [3.8, 4) is 33.4 Å². The van der Waals surface area contributed by atoms with E-state index in [4.69, 9.17) is 32.7 Å². The second kappa shape index (κ2) is 14.4. The predicted octanol–water partition coefficient (Wildman–Crippen LogP) is 8.27. The van der Waals surface area contributed by atoms with Gasteiger partial charge in [0.25, 0.3) is 0 Å². The third-order valence-electron chi connectivity index (χ3n) is 8.95. The summed E-state index contributed by atoms with van der Waals surface area (Å²) in [7, 11) is 0. The molecule has 0 unspecified atom stereocenters. The normalized spacial score (nSPS) is 16.6. The van der Waals surface area contributed by atoms with E-state index in [1.807, 2.05) is 50.2 Å². The number of carbonyl (C=O) groups is 2. The highest BCUT2D eigenvalue weighted by Gasteiger charge is 2.25. The molecule has 238 valence electrons. The predicted molar refractivity (Wildman–Crippen MR) is 184 cm³/mol. The Morgan fingerprint density at radius 2 is 1.07 bits per heavy atom. The van der Waals surface area contributed by atoms with E-state index in [9.17, 15) is 9.59 Å². The van der Waals surface area contributed by atoms with Crippen LogP contribution in [0.5, 0.6) is 0 Å². The number of rotatable bonds is 11. The average Bonchev–Trinajstić information content (AvgIpc) is 3.66. The summed E-state index contributed by atoms with van der Waals surface area (Å²) in [5, 5.41) is 7.99. The topological polar surface area (TPSA) is 76.7 Å². The van der Waals surface area contributed by atoms with Crippen LogP contribution in [-0.2, 0) is 31.9 Å². The first-order chi connectivity index (χ1) is 22.4. The van der Waals surface area contributed by atoms with Crippen molar-refractivity contribution < 1.29 is 19.1 Å². The summed E-state index contributed by atoms with van der Waals surface area (Å²) in [5.74, 6) is -0.465. The summed E-state index contributed by atoms with van der Waals surface area (Å²) >= 11 is 14.3. The number of aryl methyl sites for hydroxylation is 2. The molecule has 0 aliphatic heterocycles. The van der Waals surface area contributed by atoms with Gasteiger partial charge in [-0.25, -0.2) is 0 Å². The first-order valence-electron chi connectivity index (χ1n) is 16.0. The van der Waals surface area contributed by atoms with Crippen LogP contribution in [0.15, 0.2) is 72.8 Å². The van der Waals surface area contributed by atoms with Crippen molar-refractivity contribution in [2.24, 2.45) is 0 Å². The standard InChI is InChI=1S/C38H38Cl2N2O4/c1-3-45-35(43)21-41-33-17-13-23-19-25(11-15-27(23)33)29-7-5-9-31(37(29)39)32-10-6-8-30(38(32)40)26-12-16-28-24(20-26)14-18-34(28)42-22-36(44)46-4-2/h5-12,15-16,19-20,33-34,41-42H,3-4,13-14,17-18,21-22H2,1-2H3/t33-,34-/m0/s1. The molecule has 0 spiro atoms. The summed E-state index contributed by atoms with van der Waals surface area (Å²) in [6.45, 7) is 4.80. The average molecular weight is 658 g/mol. The minimum Gasteiger partial charge on any atom is -0.465 e. The lowest BCUT2D eigenvalue weighted by molar-refractivity contribution is -0.143. The van der Waals surface area contributed by atoms with E-state index < -0.39 is 0 Å². The number of esters is 2. The fraction of sp³-hybridized carbons (Fsp3) is 0.316. The first kappa shape index (κ1) is 32.3. The van der Waals surface area contributed by atoms with Crippen molar-refractivity contribution >= 4 is 35.1 Å². The molecule has 6 nitrogen and oxygen atoms in total. The second-order valence-electron chi connectivity index (χ2n) is 11.7. The van der Waals surface area contributed by atoms with E-state index in [1.165, 1.54) is 22.3 Å². The molecule has 0 aromatic heterocycles. The summed E-state index contributed by atoms with van der Waals surface area (Å²) in [5.41, 5.74) is 10.7. The SMILES string of the molecule is CCOC(=O)CN[C@H]1CCc2cc(-c3cccc(-c4cccc(-c5ccc6c(c5)CC[C@@H]6NCC(=O)OCC)c4Cl)c3Cl)ccc21. The smallest absolute Gasteiger partial charge is 0.319 e. The zero-order chi connectivity index (χ0) is 32.2. The van der Waals surface area contributed by atoms with Gasteiger partial charge in [-0.15, -0.1) is 0 Å². The second-order valence-corrected chi connectivity index (χ2v) is 12.5. The third-order valence-corrected chi connectivity index (χ3v) is 9.76. The Bertz CT molecular complexity index is 1640. The van der Waals surface area contributed by atoms with E-state index in [-0.39, 0.29) is 37.1 Å². The number of benzene rings is 4. The molecule has 46 heavy (non-hydrogen) atoms. The van der Waals surface area contributed by atoms with Gasteiger partial charge in [0.15, 0.2) is 0 Å². The highest BCUT2D eigenvalue weighted by Crippen LogP contribution is 2.44. The van der Waals surface area contributed by atoms with Crippen LogP contribution in [0.1, 0.15) is 61.0 Å². The van der Waals surface area contributed by atoms with Gasteiger partial charge in [0.1, 0.15) is 0 Å². The molecule has 0 saturated heterocycles. The van der Waals surface area contributed by atoms with E-state index in [0.29, 0.717) is 23.3 Å².